The zero-order chi connectivity index (χ0) is 11.5. The summed E-state index contributed by atoms with van der Waals surface area (Å²) < 4.78 is 10.6. The summed E-state index contributed by atoms with van der Waals surface area (Å²) >= 11 is 0. The average molecular weight is 228 g/mol. The fourth-order valence-corrected chi connectivity index (χ4v) is 2.03. The van der Waals surface area contributed by atoms with E-state index in [1.807, 2.05) is 4.90 Å². The first-order valence-electron chi connectivity index (χ1n) is 5.81. The predicted molar refractivity (Wildman–Crippen MR) is 59.2 cm³/mol. The summed E-state index contributed by atoms with van der Waals surface area (Å²) in [5, 5.41) is 3.23. The fourth-order valence-electron chi connectivity index (χ4n) is 2.03. The van der Waals surface area contributed by atoms with Crippen LogP contribution >= 0.6 is 0 Å². The van der Waals surface area contributed by atoms with Gasteiger partial charge in [0.1, 0.15) is 12.2 Å². The smallest absolute Gasteiger partial charge is 0.236 e. The maximum atomic E-state index is 11.9. The summed E-state index contributed by atoms with van der Waals surface area (Å²) in [5.74, 6) is 0.147. The van der Waals surface area contributed by atoms with E-state index < -0.39 is 0 Å². The number of amides is 1. The van der Waals surface area contributed by atoms with E-state index in [0.29, 0.717) is 25.7 Å². The second-order valence-corrected chi connectivity index (χ2v) is 4.50. The molecule has 1 aliphatic heterocycles. The Morgan fingerprint density at radius 2 is 1.81 bits per heavy atom. The molecule has 1 aliphatic carbocycles. The molecule has 16 heavy (non-hydrogen) atoms. The van der Waals surface area contributed by atoms with Crippen LogP contribution in [0.4, 0.5) is 0 Å². The van der Waals surface area contributed by atoms with Gasteiger partial charge in [0.25, 0.3) is 0 Å². The van der Waals surface area contributed by atoms with E-state index in [2.05, 4.69) is 5.32 Å². The third kappa shape index (κ3) is 2.72. The molecule has 5 heteroatoms. The van der Waals surface area contributed by atoms with Crippen molar-refractivity contribution < 1.29 is 14.3 Å². The van der Waals surface area contributed by atoms with Crippen molar-refractivity contribution in [2.24, 2.45) is 0 Å². The van der Waals surface area contributed by atoms with E-state index in [4.69, 9.17) is 9.47 Å². The van der Waals surface area contributed by atoms with Crippen LogP contribution in [0.2, 0.25) is 0 Å². The second kappa shape index (κ2) is 5.12. The summed E-state index contributed by atoms with van der Waals surface area (Å²) in [6.45, 7) is 1.72. The van der Waals surface area contributed by atoms with Crippen LogP contribution in [0.1, 0.15) is 12.8 Å². The van der Waals surface area contributed by atoms with Gasteiger partial charge in [0.2, 0.25) is 5.91 Å². The van der Waals surface area contributed by atoms with E-state index in [9.17, 15) is 4.79 Å². The molecule has 1 amide bonds. The maximum absolute atomic E-state index is 11.9. The molecule has 2 fully saturated rings. The molecule has 2 rings (SSSR count). The van der Waals surface area contributed by atoms with Crippen molar-refractivity contribution >= 4 is 5.91 Å². The molecule has 0 bridgehead atoms. The molecule has 0 aromatic heterocycles. The molecular weight excluding hydrogens is 208 g/mol. The maximum Gasteiger partial charge on any atom is 0.236 e. The SMILES string of the molecule is COC1CN(C(=O)CNC2CC2)CC1OC. The van der Waals surface area contributed by atoms with Crippen molar-refractivity contribution in [2.75, 3.05) is 33.9 Å². The molecule has 1 saturated carbocycles. The standard InChI is InChI=1S/C11H20N2O3/c1-15-9-6-13(7-10(9)16-2)11(14)5-12-8-3-4-8/h8-10,12H,3-7H2,1-2H3. The number of ether oxygens (including phenoxy) is 2. The number of likely N-dealkylation sites (tertiary alicyclic amines) is 1. The quantitative estimate of drug-likeness (QED) is 0.696. The third-order valence-corrected chi connectivity index (χ3v) is 3.29. The number of carbonyl (C=O) groups excluding carboxylic acids is 1. The normalized spacial score (nSPS) is 29.8. The number of hydrogen-bond acceptors (Lipinski definition) is 4. The molecule has 2 aliphatic rings. The first kappa shape index (κ1) is 11.8. The van der Waals surface area contributed by atoms with E-state index >= 15 is 0 Å². The summed E-state index contributed by atoms with van der Waals surface area (Å²) in [5.41, 5.74) is 0. The number of nitrogens with one attached hydrogen (secondary N) is 1. The lowest BCUT2D eigenvalue weighted by atomic mass is 10.3. The molecule has 5 nitrogen and oxygen atoms in total. The Bertz CT molecular complexity index is 244. The Morgan fingerprint density at radius 3 is 2.25 bits per heavy atom. The first-order valence-corrected chi connectivity index (χ1v) is 5.81. The van der Waals surface area contributed by atoms with E-state index in [-0.39, 0.29) is 18.1 Å². The van der Waals surface area contributed by atoms with Gasteiger partial charge < -0.3 is 19.7 Å². The Labute approximate surface area is 96.1 Å². The Morgan fingerprint density at radius 1 is 1.25 bits per heavy atom. The zero-order valence-corrected chi connectivity index (χ0v) is 9.94. The summed E-state index contributed by atoms with van der Waals surface area (Å²) in [7, 11) is 3.32. The van der Waals surface area contributed by atoms with Crippen molar-refractivity contribution in [3.05, 3.63) is 0 Å². The highest BCUT2D eigenvalue weighted by atomic mass is 16.5. The highest BCUT2D eigenvalue weighted by Gasteiger charge is 2.35. The van der Waals surface area contributed by atoms with Crippen LogP contribution in [0.15, 0.2) is 0 Å². The van der Waals surface area contributed by atoms with Gasteiger partial charge in [0, 0.05) is 33.4 Å². The van der Waals surface area contributed by atoms with Gasteiger partial charge in [-0.25, -0.2) is 0 Å². The molecule has 0 spiro atoms. The van der Waals surface area contributed by atoms with Crippen molar-refractivity contribution in [1.82, 2.24) is 10.2 Å². The molecule has 0 aromatic carbocycles. The minimum Gasteiger partial charge on any atom is -0.377 e. The minimum atomic E-state index is 0.00914. The monoisotopic (exact) mass is 228 g/mol. The molecule has 0 aromatic rings. The minimum absolute atomic E-state index is 0.00914. The number of hydrogen-bond donors (Lipinski definition) is 1. The molecule has 2 unspecified atom stereocenters. The van der Waals surface area contributed by atoms with Gasteiger partial charge in [-0.3, -0.25) is 4.79 Å². The first-order chi connectivity index (χ1) is 7.74. The highest BCUT2D eigenvalue weighted by molar-refractivity contribution is 5.78. The zero-order valence-electron chi connectivity index (χ0n) is 9.94. The van der Waals surface area contributed by atoms with Gasteiger partial charge in [0.15, 0.2) is 0 Å². The molecule has 1 N–H and O–H groups in total. The summed E-state index contributed by atoms with van der Waals surface area (Å²) in [6, 6.07) is 0.572. The van der Waals surface area contributed by atoms with Crippen LogP contribution in [0.25, 0.3) is 0 Å². The Hall–Kier alpha value is -0.650. The van der Waals surface area contributed by atoms with Crippen molar-refractivity contribution in [3.63, 3.8) is 0 Å². The van der Waals surface area contributed by atoms with Gasteiger partial charge in [0.05, 0.1) is 6.54 Å². The van der Waals surface area contributed by atoms with Crippen LogP contribution in [-0.4, -0.2) is 62.9 Å². The van der Waals surface area contributed by atoms with E-state index in [0.717, 1.165) is 0 Å². The molecule has 1 heterocycles. The summed E-state index contributed by atoms with van der Waals surface area (Å²) in [6.07, 6.45) is 2.42. The average Bonchev–Trinajstić information content (AvgIpc) is 3.03. The second-order valence-electron chi connectivity index (χ2n) is 4.50. The van der Waals surface area contributed by atoms with Crippen LogP contribution < -0.4 is 5.32 Å². The lowest BCUT2D eigenvalue weighted by Crippen LogP contribution is -2.38. The number of nitrogens with zero attached hydrogens (tertiary/aromatic N) is 1. The van der Waals surface area contributed by atoms with Gasteiger partial charge in [-0.2, -0.15) is 0 Å². The van der Waals surface area contributed by atoms with Gasteiger partial charge in [-0.15, -0.1) is 0 Å². The number of rotatable bonds is 5. The van der Waals surface area contributed by atoms with E-state index in [1.54, 1.807) is 14.2 Å². The topological polar surface area (TPSA) is 50.8 Å². The Balaban J connectivity index is 1.78. The van der Waals surface area contributed by atoms with Crippen LogP contribution in [0, 0.1) is 0 Å². The number of methoxy groups -OCH3 is 2. The van der Waals surface area contributed by atoms with Crippen LogP contribution in [-0.2, 0) is 14.3 Å². The van der Waals surface area contributed by atoms with E-state index in [1.165, 1.54) is 12.8 Å². The molecular formula is C11H20N2O3. The highest BCUT2D eigenvalue weighted by Crippen LogP contribution is 2.19. The lowest BCUT2D eigenvalue weighted by molar-refractivity contribution is -0.129. The molecule has 2 atom stereocenters. The van der Waals surface area contributed by atoms with Crippen molar-refractivity contribution in [1.29, 1.82) is 0 Å². The fraction of sp³-hybridized carbons (Fsp3) is 0.909. The lowest BCUT2D eigenvalue weighted by Gasteiger charge is -2.15. The largest absolute Gasteiger partial charge is 0.377 e. The third-order valence-electron chi connectivity index (χ3n) is 3.29. The van der Waals surface area contributed by atoms with Gasteiger partial charge >= 0.3 is 0 Å². The number of carbonyl (C=O) groups is 1. The Kier molecular flexibility index (Phi) is 3.78. The van der Waals surface area contributed by atoms with Crippen molar-refractivity contribution in [2.45, 2.75) is 31.1 Å². The van der Waals surface area contributed by atoms with Gasteiger partial charge in [-0.1, -0.05) is 0 Å². The predicted octanol–water partition coefficient (Wildman–Crippen LogP) is -0.389. The van der Waals surface area contributed by atoms with Crippen LogP contribution in [0.5, 0.6) is 0 Å². The van der Waals surface area contributed by atoms with Crippen molar-refractivity contribution in [3.8, 4) is 0 Å². The molecule has 1 saturated heterocycles. The molecule has 92 valence electrons. The van der Waals surface area contributed by atoms with Gasteiger partial charge in [-0.05, 0) is 12.8 Å². The molecule has 0 radical (unpaired) electrons. The van der Waals surface area contributed by atoms with Crippen LogP contribution in [0.3, 0.4) is 0 Å². The summed E-state index contributed by atoms with van der Waals surface area (Å²) in [4.78, 5) is 13.7.